The number of carbonyl (C=O) groups excluding carboxylic acids is 1. The van der Waals surface area contributed by atoms with E-state index in [0.29, 0.717) is 6.54 Å². The van der Waals surface area contributed by atoms with E-state index < -0.39 is 5.54 Å². The van der Waals surface area contributed by atoms with E-state index in [1.165, 1.54) is 11.5 Å². The molecule has 1 fully saturated rings. The fourth-order valence-electron chi connectivity index (χ4n) is 2.35. The number of amides is 1. The standard InChI is InChI=1S/C15H24N6OS/c1-11(2)15(4,10-16)18-13(22)9-20-5-7-21(8-6-20)14-17-12(3)19-23-14/h11H,5-9H2,1-4H3,(H,18,22)/t15-/m1/s1. The summed E-state index contributed by atoms with van der Waals surface area (Å²) >= 11 is 1.42. The van der Waals surface area contributed by atoms with Gasteiger partial charge in [-0.25, -0.2) is 4.98 Å². The average molecular weight is 336 g/mol. The number of hydrogen-bond acceptors (Lipinski definition) is 7. The summed E-state index contributed by atoms with van der Waals surface area (Å²) in [7, 11) is 0. The monoisotopic (exact) mass is 336 g/mol. The molecule has 0 bridgehead atoms. The SMILES string of the molecule is Cc1nsc(N2CCN(CC(=O)N[C@](C)(C#N)C(C)C)CC2)n1. The van der Waals surface area contributed by atoms with Crippen molar-refractivity contribution in [3.8, 4) is 6.07 Å². The van der Waals surface area contributed by atoms with Gasteiger partial charge < -0.3 is 10.2 Å². The van der Waals surface area contributed by atoms with E-state index in [9.17, 15) is 10.1 Å². The molecule has 23 heavy (non-hydrogen) atoms. The molecule has 126 valence electrons. The summed E-state index contributed by atoms with van der Waals surface area (Å²) in [4.78, 5) is 20.9. The van der Waals surface area contributed by atoms with Crippen LogP contribution in [0.25, 0.3) is 0 Å². The van der Waals surface area contributed by atoms with Crippen LogP contribution in [0.4, 0.5) is 5.13 Å². The van der Waals surface area contributed by atoms with E-state index in [1.807, 2.05) is 20.8 Å². The first kappa shape index (κ1) is 17.6. The Balaban J connectivity index is 1.82. The molecule has 0 spiro atoms. The molecule has 2 rings (SSSR count). The van der Waals surface area contributed by atoms with Gasteiger partial charge in [-0.3, -0.25) is 9.69 Å². The van der Waals surface area contributed by atoms with Crippen molar-refractivity contribution in [2.45, 2.75) is 33.2 Å². The van der Waals surface area contributed by atoms with Crippen LogP contribution in [0.3, 0.4) is 0 Å². The summed E-state index contributed by atoms with van der Waals surface area (Å²) in [6.07, 6.45) is 0. The Hall–Kier alpha value is -1.72. The quantitative estimate of drug-likeness (QED) is 0.864. The second-order valence-corrected chi connectivity index (χ2v) is 7.13. The van der Waals surface area contributed by atoms with Crippen LogP contribution in [0, 0.1) is 24.2 Å². The van der Waals surface area contributed by atoms with Gasteiger partial charge in [0.25, 0.3) is 0 Å². The molecule has 8 heteroatoms. The Morgan fingerprint density at radius 1 is 1.43 bits per heavy atom. The second kappa shape index (κ2) is 7.23. The lowest BCUT2D eigenvalue weighted by Gasteiger charge is -2.35. The first-order valence-electron chi connectivity index (χ1n) is 7.84. The number of aromatic nitrogens is 2. The highest BCUT2D eigenvalue weighted by Gasteiger charge is 2.31. The predicted octanol–water partition coefficient (Wildman–Crippen LogP) is 1.02. The molecule has 0 aromatic carbocycles. The third-order valence-electron chi connectivity index (χ3n) is 4.31. The van der Waals surface area contributed by atoms with Gasteiger partial charge in [0.05, 0.1) is 12.6 Å². The fraction of sp³-hybridized carbons (Fsp3) is 0.733. The normalized spacial score (nSPS) is 18.5. The zero-order valence-electron chi connectivity index (χ0n) is 14.2. The van der Waals surface area contributed by atoms with Crippen LogP contribution in [-0.4, -0.2) is 58.4 Å². The van der Waals surface area contributed by atoms with Gasteiger partial charge in [0.1, 0.15) is 11.4 Å². The lowest BCUT2D eigenvalue weighted by Crippen LogP contribution is -2.54. The molecular weight excluding hydrogens is 312 g/mol. The largest absolute Gasteiger partial charge is 0.344 e. The van der Waals surface area contributed by atoms with E-state index in [2.05, 4.69) is 30.5 Å². The molecule has 1 aromatic rings. The number of nitrogens with zero attached hydrogens (tertiary/aromatic N) is 5. The number of carbonyl (C=O) groups is 1. The lowest BCUT2D eigenvalue weighted by molar-refractivity contribution is -0.124. The van der Waals surface area contributed by atoms with E-state index in [4.69, 9.17) is 0 Å². The van der Waals surface area contributed by atoms with E-state index in [0.717, 1.165) is 37.1 Å². The van der Waals surface area contributed by atoms with Crippen LogP contribution in [0.1, 0.15) is 26.6 Å². The molecule has 0 radical (unpaired) electrons. The molecule has 0 saturated carbocycles. The molecule has 0 unspecified atom stereocenters. The fourth-order valence-corrected chi connectivity index (χ4v) is 3.07. The third-order valence-corrected chi connectivity index (χ3v) is 5.18. The molecule has 2 heterocycles. The van der Waals surface area contributed by atoms with Gasteiger partial charge in [0.2, 0.25) is 11.0 Å². The van der Waals surface area contributed by atoms with Crippen molar-refractivity contribution in [3.63, 3.8) is 0 Å². The van der Waals surface area contributed by atoms with Gasteiger partial charge in [0, 0.05) is 37.7 Å². The molecule has 0 aliphatic carbocycles. The first-order valence-corrected chi connectivity index (χ1v) is 8.61. The minimum atomic E-state index is -0.816. The van der Waals surface area contributed by atoms with E-state index in [1.54, 1.807) is 6.92 Å². The molecule has 1 aromatic heterocycles. The Bertz CT molecular complexity index is 587. The van der Waals surface area contributed by atoms with Crippen molar-refractivity contribution in [3.05, 3.63) is 5.82 Å². The summed E-state index contributed by atoms with van der Waals surface area (Å²) < 4.78 is 4.21. The number of hydrogen-bond donors (Lipinski definition) is 1. The van der Waals surface area contributed by atoms with Gasteiger partial charge in [-0.2, -0.15) is 9.64 Å². The average Bonchev–Trinajstić information content (AvgIpc) is 2.94. The van der Waals surface area contributed by atoms with E-state index in [-0.39, 0.29) is 11.8 Å². The topological polar surface area (TPSA) is 85.2 Å². The maximum Gasteiger partial charge on any atom is 0.235 e. The zero-order chi connectivity index (χ0) is 17.0. The zero-order valence-corrected chi connectivity index (χ0v) is 15.0. The van der Waals surface area contributed by atoms with Gasteiger partial charge >= 0.3 is 0 Å². The molecule has 1 amide bonds. The maximum atomic E-state index is 12.2. The van der Waals surface area contributed by atoms with Crippen molar-refractivity contribution in [2.24, 2.45) is 5.92 Å². The summed E-state index contributed by atoms with van der Waals surface area (Å²) in [5.41, 5.74) is -0.816. The summed E-state index contributed by atoms with van der Waals surface area (Å²) in [6.45, 7) is 11.1. The van der Waals surface area contributed by atoms with Crippen LogP contribution in [0.5, 0.6) is 0 Å². The molecule has 1 aliphatic heterocycles. The van der Waals surface area contributed by atoms with E-state index >= 15 is 0 Å². The molecule has 1 saturated heterocycles. The second-order valence-electron chi connectivity index (χ2n) is 6.40. The molecule has 1 atom stereocenters. The first-order chi connectivity index (χ1) is 10.8. The van der Waals surface area contributed by atoms with Crippen molar-refractivity contribution in [2.75, 3.05) is 37.6 Å². The van der Waals surface area contributed by atoms with Crippen LogP contribution in [-0.2, 0) is 4.79 Å². The maximum absolute atomic E-state index is 12.2. The smallest absolute Gasteiger partial charge is 0.235 e. The van der Waals surface area contributed by atoms with Crippen LogP contribution in [0.15, 0.2) is 0 Å². The third kappa shape index (κ3) is 4.39. The Morgan fingerprint density at radius 2 is 2.09 bits per heavy atom. The van der Waals surface area contributed by atoms with Crippen LogP contribution < -0.4 is 10.2 Å². The van der Waals surface area contributed by atoms with Crippen LogP contribution in [0.2, 0.25) is 0 Å². The van der Waals surface area contributed by atoms with Crippen molar-refractivity contribution in [1.29, 1.82) is 5.26 Å². The van der Waals surface area contributed by atoms with Gasteiger partial charge in [-0.15, -0.1) is 0 Å². The highest BCUT2D eigenvalue weighted by atomic mass is 32.1. The number of rotatable bonds is 5. The molecule has 7 nitrogen and oxygen atoms in total. The van der Waals surface area contributed by atoms with Crippen molar-refractivity contribution >= 4 is 22.6 Å². The highest BCUT2D eigenvalue weighted by molar-refractivity contribution is 7.09. The van der Waals surface area contributed by atoms with Gasteiger partial charge in [0.15, 0.2) is 0 Å². The minimum Gasteiger partial charge on any atom is -0.344 e. The van der Waals surface area contributed by atoms with Crippen molar-refractivity contribution < 1.29 is 4.79 Å². The number of nitrogens with one attached hydrogen (secondary N) is 1. The van der Waals surface area contributed by atoms with Crippen molar-refractivity contribution in [1.82, 2.24) is 19.6 Å². The number of nitriles is 1. The molecule has 1 N–H and O–H groups in total. The van der Waals surface area contributed by atoms with Gasteiger partial charge in [-0.05, 0) is 19.8 Å². The summed E-state index contributed by atoms with van der Waals surface area (Å²) in [5, 5.41) is 13.1. The number of piperazine rings is 1. The highest BCUT2D eigenvalue weighted by Crippen LogP contribution is 2.19. The minimum absolute atomic E-state index is 0.0638. The summed E-state index contributed by atoms with van der Waals surface area (Å²) in [6, 6.07) is 2.20. The lowest BCUT2D eigenvalue weighted by atomic mass is 9.90. The van der Waals surface area contributed by atoms with Gasteiger partial charge in [-0.1, -0.05) is 13.8 Å². The number of aryl methyl sites for hydroxylation is 1. The van der Waals surface area contributed by atoms with Crippen LogP contribution >= 0.6 is 11.5 Å². The predicted molar refractivity (Wildman–Crippen MR) is 90.3 cm³/mol. The summed E-state index contributed by atoms with van der Waals surface area (Å²) in [5.74, 6) is 0.771. The number of anilines is 1. The Kier molecular flexibility index (Phi) is 5.55. The Morgan fingerprint density at radius 3 is 2.57 bits per heavy atom. The Labute approximate surface area is 141 Å². The molecule has 1 aliphatic rings. The molecular formula is C15H24N6OS.